The fourth-order valence-electron chi connectivity index (χ4n) is 1.65. The summed E-state index contributed by atoms with van der Waals surface area (Å²) in [6, 6.07) is 0. The Labute approximate surface area is 105 Å². The van der Waals surface area contributed by atoms with Gasteiger partial charge < -0.3 is 15.2 Å². The van der Waals surface area contributed by atoms with E-state index in [1.165, 1.54) is 0 Å². The van der Waals surface area contributed by atoms with E-state index < -0.39 is 5.97 Å². The topological polar surface area (TPSA) is 58.6 Å². The van der Waals surface area contributed by atoms with Gasteiger partial charge in [-0.25, -0.2) is 0 Å². The first kappa shape index (κ1) is 16.4. The maximum atomic E-state index is 10.4. The van der Waals surface area contributed by atoms with Gasteiger partial charge >= 0.3 is 5.97 Å². The van der Waals surface area contributed by atoms with Crippen LogP contribution in [0.3, 0.4) is 0 Å². The second-order valence-corrected chi connectivity index (χ2v) is 4.47. The zero-order valence-electron chi connectivity index (χ0n) is 11.4. The molecule has 17 heavy (non-hydrogen) atoms. The van der Waals surface area contributed by atoms with Crippen LogP contribution in [-0.2, 0) is 9.53 Å². The Kier molecular flexibility index (Phi) is 10.2. The van der Waals surface area contributed by atoms with Gasteiger partial charge in [-0.15, -0.1) is 0 Å². The maximum absolute atomic E-state index is 10.4. The molecule has 102 valence electrons. The zero-order chi connectivity index (χ0) is 13.1. The van der Waals surface area contributed by atoms with E-state index >= 15 is 0 Å². The number of ether oxygens (including phenoxy) is 1. The van der Waals surface area contributed by atoms with Crippen molar-refractivity contribution in [1.82, 2.24) is 5.32 Å². The summed E-state index contributed by atoms with van der Waals surface area (Å²) in [4.78, 5) is 10.4. The average Bonchev–Trinajstić information content (AvgIpc) is 2.31. The lowest BCUT2D eigenvalue weighted by Crippen LogP contribution is -2.36. The molecule has 0 aromatic carbocycles. The van der Waals surface area contributed by atoms with Crippen molar-refractivity contribution >= 4 is 5.97 Å². The summed E-state index contributed by atoms with van der Waals surface area (Å²) >= 11 is 0. The summed E-state index contributed by atoms with van der Waals surface area (Å²) in [5, 5.41) is 11.8. The van der Waals surface area contributed by atoms with Crippen molar-refractivity contribution in [2.45, 2.75) is 52.6 Å². The first-order valence-corrected chi connectivity index (χ1v) is 6.66. The minimum Gasteiger partial charge on any atom is -0.481 e. The van der Waals surface area contributed by atoms with Gasteiger partial charge in [-0.2, -0.15) is 0 Å². The molecule has 0 saturated carbocycles. The normalized spacial score (nSPS) is 21.2. The summed E-state index contributed by atoms with van der Waals surface area (Å²) < 4.78 is 5.22. The van der Waals surface area contributed by atoms with Gasteiger partial charge in [0.1, 0.15) is 0 Å². The molecule has 0 aliphatic carbocycles. The Balaban J connectivity index is 0.000000318. The van der Waals surface area contributed by atoms with E-state index in [1.807, 2.05) is 6.92 Å². The van der Waals surface area contributed by atoms with Crippen LogP contribution in [0.5, 0.6) is 0 Å². The molecule has 1 aliphatic heterocycles. The molecule has 0 aromatic rings. The molecular formula is C13H27NO3. The molecular weight excluding hydrogens is 218 g/mol. The van der Waals surface area contributed by atoms with Gasteiger partial charge in [-0.1, -0.05) is 26.7 Å². The molecule has 0 bridgehead atoms. The van der Waals surface area contributed by atoms with Crippen LogP contribution >= 0.6 is 0 Å². The zero-order valence-corrected chi connectivity index (χ0v) is 11.4. The van der Waals surface area contributed by atoms with Crippen molar-refractivity contribution in [3.8, 4) is 0 Å². The molecule has 1 aliphatic rings. The van der Waals surface area contributed by atoms with Crippen molar-refractivity contribution in [3.05, 3.63) is 0 Å². The predicted octanol–water partition coefficient (Wildman–Crippen LogP) is 2.28. The van der Waals surface area contributed by atoms with Gasteiger partial charge in [0.2, 0.25) is 0 Å². The summed E-state index contributed by atoms with van der Waals surface area (Å²) in [6.07, 6.45) is 4.14. The van der Waals surface area contributed by atoms with Gasteiger partial charge in [-0.05, 0) is 19.8 Å². The third-order valence-electron chi connectivity index (χ3n) is 2.86. The van der Waals surface area contributed by atoms with Crippen molar-refractivity contribution in [1.29, 1.82) is 0 Å². The molecule has 1 saturated heterocycles. The van der Waals surface area contributed by atoms with Gasteiger partial charge in [0.15, 0.2) is 0 Å². The van der Waals surface area contributed by atoms with Crippen molar-refractivity contribution < 1.29 is 14.6 Å². The number of carboxylic acids is 1. The van der Waals surface area contributed by atoms with E-state index in [1.54, 1.807) is 0 Å². The predicted molar refractivity (Wildman–Crippen MR) is 69.2 cm³/mol. The number of hydrogen-bond acceptors (Lipinski definition) is 3. The van der Waals surface area contributed by atoms with Gasteiger partial charge in [0, 0.05) is 13.1 Å². The standard InChI is InChI=1S/C8H16O2.C5H11NO/c1-3-5-6-7(4-2)8(9)10;1-5-4-6-2-3-7-5/h7H,3-6H2,1-2H3,(H,9,10);5-6H,2-4H2,1H3. The largest absolute Gasteiger partial charge is 0.481 e. The summed E-state index contributed by atoms with van der Waals surface area (Å²) in [5.74, 6) is -0.754. The highest BCUT2D eigenvalue weighted by atomic mass is 16.5. The molecule has 4 nitrogen and oxygen atoms in total. The third kappa shape index (κ3) is 9.12. The van der Waals surface area contributed by atoms with Crippen LogP contribution in [0, 0.1) is 5.92 Å². The molecule has 0 aromatic heterocycles. The Hall–Kier alpha value is -0.610. The van der Waals surface area contributed by atoms with Gasteiger partial charge in [0.05, 0.1) is 18.6 Å². The van der Waals surface area contributed by atoms with E-state index in [9.17, 15) is 4.79 Å². The van der Waals surface area contributed by atoms with Crippen LogP contribution < -0.4 is 5.32 Å². The van der Waals surface area contributed by atoms with Crippen molar-refractivity contribution in [2.75, 3.05) is 19.7 Å². The Morgan fingerprint density at radius 2 is 2.24 bits per heavy atom. The van der Waals surface area contributed by atoms with Gasteiger partial charge in [-0.3, -0.25) is 4.79 Å². The highest BCUT2D eigenvalue weighted by Crippen LogP contribution is 2.11. The second kappa shape index (κ2) is 10.5. The number of unbranched alkanes of at least 4 members (excludes halogenated alkanes) is 1. The Morgan fingerprint density at radius 3 is 2.53 bits per heavy atom. The molecule has 0 radical (unpaired) electrons. The van der Waals surface area contributed by atoms with Crippen molar-refractivity contribution in [2.24, 2.45) is 5.92 Å². The fourth-order valence-corrected chi connectivity index (χ4v) is 1.65. The van der Waals surface area contributed by atoms with E-state index in [0.717, 1.165) is 45.4 Å². The summed E-state index contributed by atoms with van der Waals surface area (Å²) in [6.45, 7) is 8.99. The number of carboxylic acid groups (broad SMARTS) is 1. The Bertz CT molecular complexity index is 191. The average molecular weight is 245 g/mol. The van der Waals surface area contributed by atoms with E-state index in [-0.39, 0.29) is 5.92 Å². The number of carbonyl (C=O) groups is 1. The number of hydrogen-bond donors (Lipinski definition) is 2. The molecule has 1 rings (SSSR count). The smallest absolute Gasteiger partial charge is 0.306 e. The molecule has 1 heterocycles. The monoisotopic (exact) mass is 245 g/mol. The minimum absolute atomic E-state index is 0.111. The SMILES string of the molecule is CC1CNCCO1.CCCCC(CC)C(=O)O. The lowest BCUT2D eigenvalue weighted by atomic mass is 10.00. The molecule has 0 amide bonds. The van der Waals surface area contributed by atoms with E-state index in [4.69, 9.17) is 9.84 Å². The number of aliphatic carboxylic acids is 1. The van der Waals surface area contributed by atoms with Crippen molar-refractivity contribution in [3.63, 3.8) is 0 Å². The van der Waals surface area contributed by atoms with Crippen LogP contribution in [0.4, 0.5) is 0 Å². The second-order valence-electron chi connectivity index (χ2n) is 4.47. The highest BCUT2D eigenvalue weighted by Gasteiger charge is 2.12. The first-order valence-electron chi connectivity index (χ1n) is 6.66. The van der Waals surface area contributed by atoms with E-state index in [2.05, 4.69) is 19.2 Å². The lowest BCUT2D eigenvalue weighted by molar-refractivity contribution is -0.142. The minimum atomic E-state index is -0.643. The van der Waals surface area contributed by atoms with Crippen LogP contribution in [0.2, 0.25) is 0 Å². The highest BCUT2D eigenvalue weighted by molar-refractivity contribution is 5.69. The molecule has 2 atom stereocenters. The molecule has 4 heteroatoms. The molecule has 2 unspecified atom stereocenters. The quantitative estimate of drug-likeness (QED) is 0.780. The molecule has 1 fully saturated rings. The fraction of sp³-hybridized carbons (Fsp3) is 0.923. The van der Waals surface area contributed by atoms with Crippen LogP contribution in [-0.4, -0.2) is 36.9 Å². The van der Waals surface area contributed by atoms with Crippen LogP contribution in [0.1, 0.15) is 46.5 Å². The summed E-state index contributed by atoms with van der Waals surface area (Å²) in [7, 11) is 0. The van der Waals surface area contributed by atoms with E-state index in [0.29, 0.717) is 6.10 Å². The maximum Gasteiger partial charge on any atom is 0.306 e. The summed E-state index contributed by atoms with van der Waals surface area (Å²) in [5.41, 5.74) is 0. The molecule has 0 spiro atoms. The lowest BCUT2D eigenvalue weighted by Gasteiger charge is -2.18. The number of morpholine rings is 1. The van der Waals surface area contributed by atoms with Gasteiger partial charge in [0.25, 0.3) is 0 Å². The number of nitrogens with one attached hydrogen (secondary N) is 1. The molecule has 2 N–H and O–H groups in total. The first-order chi connectivity index (χ1) is 8.11. The van der Waals surface area contributed by atoms with Crippen LogP contribution in [0.15, 0.2) is 0 Å². The van der Waals surface area contributed by atoms with Crippen LogP contribution in [0.25, 0.3) is 0 Å². The number of rotatable bonds is 5. The third-order valence-corrected chi connectivity index (χ3v) is 2.86. The Morgan fingerprint density at radius 1 is 1.53 bits per heavy atom.